The molecular weight excluding hydrogens is 124 g/mol. The molecule has 1 rings (SSSR count). The summed E-state index contributed by atoms with van der Waals surface area (Å²) >= 11 is 3.87. The Morgan fingerprint density at radius 3 is 2.88 bits per heavy atom. The molecule has 0 fully saturated rings. The Morgan fingerprint density at radius 2 is 2.50 bits per heavy atom. The van der Waals surface area contributed by atoms with E-state index in [0.717, 1.165) is 0 Å². The van der Waals surface area contributed by atoms with Crippen LogP contribution >= 0.6 is 12.6 Å². The van der Waals surface area contributed by atoms with Crippen LogP contribution in [0.4, 0.5) is 0 Å². The summed E-state index contributed by atoms with van der Waals surface area (Å²) in [4.78, 5) is 4.13. The van der Waals surface area contributed by atoms with Gasteiger partial charge in [-0.3, -0.25) is 0 Å². The van der Waals surface area contributed by atoms with Crippen LogP contribution in [0.3, 0.4) is 0 Å². The molecule has 4 heteroatoms. The molecule has 0 aliphatic carbocycles. The van der Waals surface area contributed by atoms with Crippen LogP contribution in [0.1, 0.15) is 0 Å². The van der Waals surface area contributed by atoms with Crippen LogP contribution in [0.15, 0.2) is 23.6 Å². The molecule has 1 aromatic heterocycles. The van der Waals surface area contributed by atoms with Gasteiger partial charge >= 0.3 is 0 Å². The highest BCUT2D eigenvalue weighted by atomic mass is 32.1. The van der Waals surface area contributed by atoms with E-state index in [1.54, 1.807) is 0 Å². The van der Waals surface area contributed by atoms with E-state index in [1.807, 2.05) is 0 Å². The highest BCUT2D eigenvalue weighted by Crippen LogP contribution is 1.94. The zero-order valence-corrected chi connectivity index (χ0v) is 4.88. The molecule has 1 aromatic rings. The molecular formula is C4H4N2OS. The topological polar surface area (TPSA) is 39.8 Å². The van der Waals surface area contributed by atoms with E-state index < -0.39 is 0 Å². The summed E-state index contributed by atoms with van der Waals surface area (Å²) in [6.45, 7) is 0. The molecule has 0 saturated carbocycles. The summed E-state index contributed by atoms with van der Waals surface area (Å²) in [7, 11) is 0. The Morgan fingerprint density at radius 1 is 1.75 bits per heavy atom. The number of hydrogen-bond acceptors (Lipinski definition) is 3. The monoisotopic (exact) mass is 128 g/mol. The van der Waals surface area contributed by atoms with Crippen LogP contribution < -0.4 is 4.73 Å². The lowest BCUT2D eigenvalue weighted by Gasteiger charge is -1.95. The number of aromatic nitrogens is 2. The van der Waals surface area contributed by atoms with Crippen LogP contribution in [0.2, 0.25) is 0 Å². The highest BCUT2D eigenvalue weighted by Gasteiger charge is 1.87. The largest absolute Gasteiger partial charge is 0.711 e. The number of thiol groups is 1. The van der Waals surface area contributed by atoms with Gasteiger partial charge in [-0.2, -0.15) is 0 Å². The van der Waals surface area contributed by atoms with E-state index in [4.69, 9.17) is 0 Å². The van der Waals surface area contributed by atoms with Gasteiger partial charge in [-0.05, 0) is 0 Å². The van der Waals surface area contributed by atoms with E-state index in [9.17, 15) is 5.21 Å². The summed E-state index contributed by atoms with van der Waals surface area (Å²) in [5, 5.41) is 10.3. The normalized spacial score (nSPS) is 9.12. The summed E-state index contributed by atoms with van der Waals surface area (Å²) in [6.07, 6.45) is 3.99. The average Bonchev–Trinajstić information content (AvgIpc) is 1.64. The predicted molar refractivity (Wildman–Crippen MR) is 30.4 cm³/mol. The first-order valence-corrected chi connectivity index (χ1v) is 2.46. The van der Waals surface area contributed by atoms with Gasteiger partial charge in [0, 0.05) is 0 Å². The Hall–Kier alpha value is -0.770. The molecule has 0 saturated heterocycles. The maximum absolute atomic E-state index is 10.3. The van der Waals surface area contributed by atoms with Crippen molar-refractivity contribution < 1.29 is 4.73 Å². The molecule has 0 unspecified atom stereocenters. The minimum atomic E-state index is 0.572. The lowest BCUT2D eigenvalue weighted by atomic mass is 10.7. The Kier molecular flexibility index (Phi) is 1.34. The van der Waals surface area contributed by atoms with E-state index in [2.05, 4.69) is 17.6 Å². The van der Waals surface area contributed by atoms with Crippen LogP contribution in [0.25, 0.3) is 0 Å². The van der Waals surface area contributed by atoms with Crippen molar-refractivity contribution in [3.8, 4) is 0 Å². The fraction of sp³-hybridized carbons (Fsp3) is 0. The van der Waals surface area contributed by atoms with Gasteiger partial charge in [0.25, 0.3) is 6.33 Å². The summed E-state index contributed by atoms with van der Waals surface area (Å²) in [5.41, 5.74) is 0. The lowest BCUT2D eigenvalue weighted by Crippen LogP contribution is -2.24. The molecule has 0 aromatic carbocycles. The Bertz CT molecular complexity index is 174. The second-order valence-electron chi connectivity index (χ2n) is 1.31. The van der Waals surface area contributed by atoms with Crippen molar-refractivity contribution in [2.75, 3.05) is 0 Å². The molecule has 3 nitrogen and oxygen atoms in total. The van der Waals surface area contributed by atoms with Crippen LogP contribution in [-0.2, 0) is 0 Å². The zero-order chi connectivity index (χ0) is 5.98. The van der Waals surface area contributed by atoms with E-state index in [0.29, 0.717) is 9.63 Å². The van der Waals surface area contributed by atoms with Gasteiger partial charge in [-0.15, -0.1) is 12.6 Å². The molecule has 0 radical (unpaired) electrons. The van der Waals surface area contributed by atoms with Crippen molar-refractivity contribution in [1.82, 2.24) is 4.98 Å². The van der Waals surface area contributed by atoms with E-state index >= 15 is 0 Å². The van der Waals surface area contributed by atoms with Crippen LogP contribution in [-0.4, -0.2) is 4.98 Å². The molecule has 0 spiro atoms. The lowest BCUT2D eigenvalue weighted by molar-refractivity contribution is -0.611. The van der Waals surface area contributed by atoms with E-state index in [1.165, 1.54) is 18.7 Å². The highest BCUT2D eigenvalue weighted by molar-refractivity contribution is 7.80. The quantitative estimate of drug-likeness (QED) is 0.303. The molecule has 0 aliphatic rings. The third kappa shape index (κ3) is 1.10. The maximum Gasteiger partial charge on any atom is 0.289 e. The summed E-state index contributed by atoms with van der Waals surface area (Å²) in [5.74, 6) is 0. The first-order chi connectivity index (χ1) is 3.79. The smallest absolute Gasteiger partial charge is 0.289 e. The molecule has 0 bridgehead atoms. The average molecular weight is 128 g/mol. The fourth-order valence-corrected chi connectivity index (χ4v) is 0.553. The van der Waals surface area contributed by atoms with Crippen molar-refractivity contribution in [1.29, 1.82) is 0 Å². The van der Waals surface area contributed by atoms with Crippen molar-refractivity contribution in [3.05, 3.63) is 23.9 Å². The van der Waals surface area contributed by atoms with Gasteiger partial charge in [0.05, 0.1) is 4.90 Å². The minimum Gasteiger partial charge on any atom is -0.711 e. The van der Waals surface area contributed by atoms with Gasteiger partial charge in [0.1, 0.15) is 6.20 Å². The predicted octanol–water partition coefficient (Wildman–Crippen LogP) is 0.00370. The standard InChI is InChI=1S/C4H4N2OS/c7-6-2-4(8)1-5-3-6/h1-3,8H. The van der Waals surface area contributed by atoms with Gasteiger partial charge in [0.2, 0.25) is 0 Å². The molecule has 0 aliphatic heterocycles. The molecule has 8 heavy (non-hydrogen) atoms. The van der Waals surface area contributed by atoms with Gasteiger partial charge in [-0.25, -0.2) is 4.73 Å². The fourth-order valence-electron chi connectivity index (χ4n) is 0.372. The molecule has 1 heterocycles. The molecule has 42 valence electrons. The van der Waals surface area contributed by atoms with Crippen molar-refractivity contribution in [2.45, 2.75) is 4.90 Å². The summed E-state index contributed by atoms with van der Waals surface area (Å²) in [6, 6.07) is 0. The van der Waals surface area contributed by atoms with Crippen LogP contribution in [0.5, 0.6) is 0 Å². The minimum absolute atomic E-state index is 0.572. The SMILES string of the molecule is [O-][n+]1cncc(S)c1. The first-order valence-electron chi connectivity index (χ1n) is 2.02. The second-order valence-corrected chi connectivity index (χ2v) is 1.82. The number of nitrogens with zero attached hydrogens (tertiary/aromatic N) is 2. The van der Waals surface area contributed by atoms with E-state index in [-0.39, 0.29) is 0 Å². The zero-order valence-electron chi connectivity index (χ0n) is 3.98. The summed E-state index contributed by atoms with van der Waals surface area (Å²) < 4.78 is 0.600. The molecule has 0 atom stereocenters. The Balaban J connectivity index is 3.08. The molecule has 0 N–H and O–H groups in total. The van der Waals surface area contributed by atoms with Crippen molar-refractivity contribution in [2.24, 2.45) is 0 Å². The van der Waals surface area contributed by atoms with Crippen molar-refractivity contribution in [3.63, 3.8) is 0 Å². The Labute approximate surface area is 52.0 Å². The number of hydrogen-bond donors (Lipinski definition) is 1. The van der Waals surface area contributed by atoms with Gasteiger partial charge in [-0.1, -0.05) is 4.98 Å². The third-order valence-corrected chi connectivity index (χ3v) is 0.878. The van der Waals surface area contributed by atoms with Crippen molar-refractivity contribution >= 4 is 12.6 Å². The molecule has 0 amide bonds. The second kappa shape index (κ2) is 2.00. The number of rotatable bonds is 0. The third-order valence-electron chi connectivity index (χ3n) is 0.647. The maximum atomic E-state index is 10.3. The van der Waals surface area contributed by atoms with Gasteiger partial charge < -0.3 is 5.21 Å². The van der Waals surface area contributed by atoms with Gasteiger partial charge in [0.15, 0.2) is 6.20 Å². The van der Waals surface area contributed by atoms with Crippen LogP contribution in [0, 0.1) is 5.21 Å². The first kappa shape index (κ1) is 5.37.